The van der Waals surface area contributed by atoms with Crippen LogP contribution in [0.5, 0.6) is 0 Å². The molecule has 0 spiro atoms. The van der Waals surface area contributed by atoms with Gasteiger partial charge >= 0.3 is 18.0 Å². The maximum atomic E-state index is 13.6. The zero-order valence-corrected chi connectivity index (χ0v) is 23.5. The zero-order chi connectivity index (χ0) is 29.1. The van der Waals surface area contributed by atoms with Crippen LogP contribution in [0.1, 0.15) is 44.7 Å². The Morgan fingerprint density at radius 1 is 0.800 bits per heavy atom. The topological polar surface area (TPSA) is 107 Å². The first-order chi connectivity index (χ1) is 19.1. The minimum Gasteiger partial charge on any atom is -0.481 e. The van der Waals surface area contributed by atoms with E-state index in [1.54, 1.807) is 6.92 Å². The van der Waals surface area contributed by atoms with Crippen molar-refractivity contribution in [2.24, 2.45) is 11.8 Å². The van der Waals surface area contributed by atoms with E-state index in [4.69, 9.17) is 0 Å². The Kier molecular flexibility index (Phi) is 10.9. The van der Waals surface area contributed by atoms with E-state index in [1.165, 1.54) is 4.90 Å². The van der Waals surface area contributed by atoms with Crippen LogP contribution in [-0.2, 0) is 22.4 Å². The lowest BCUT2D eigenvalue weighted by Gasteiger charge is -2.34. The molecular formula is C33H40N2O5. The fourth-order valence-electron chi connectivity index (χ4n) is 4.84. The highest BCUT2D eigenvalue weighted by molar-refractivity contribution is 5.87. The highest BCUT2D eigenvalue weighted by atomic mass is 16.4. The first-order valence-electron chi connectivity index (χ1n) is 13.8. The molecule has 0 radical (unpaired) electrons. The second-order valence-electron chi connectivity index (χ2n) is 10.8. The normalized spacial score (nSPS) is 13.3. The average molecular weight is 545 g/mol. The van der Waals surface area contributed by atoms with Gasteiger partial charge in [0.05, 0.1) is 5.92 Å². The molecule has 0 aliphatic carbocycles. The molecule has 0 saturated heterocycles. The molecule has 7 heteroatoms. The van der Waals surface area contributed by atoms with E-state index in [1.807, 2.05) is 98.8 Å². The Hall–Kier alpha value is -4.13. The third-order valence-corrected chi connectivity index (χ3v) is 7.21. The van der Waals surface area contributed by atoms with Gasteiger partial charge in [-0.05, 0) is 47.4 Å². The van der Waals surface area contributed by atoms with Crippen LogP contribution in [0.25, 0.3) is 11.1 Å². The van der Waals surface area contributed by atoms with Crippen LogP contribution >= 0.6 is 0 Å². The largest absolute Gasteiger partial charge is 0.481 e. The fourth-order valence-corrected chi connectivity index (χ4v) is 4.84. The predicted molar refractivity (Wildman–Crippen MR) is 157 cm³/mol. The highest BCUT2D eigenvalue weighted by Gasteiger charge is 2.40. The summed E-state index contributed by atoms with van der Waals surface area (Å²) in [5.41, 5.74) is 2.35. The van der Waals surface area contributed by atoms with Crippen molar-refractivity contribution >= 4 is 18.0 Å². The number of rotatable bonds is 14. The van der Waals surface area contributed by atoms with Crippen molar-refractivity contribution < 1.29 is 24.6 Å². The second kappa shape index (κ2) is 14.3. The molecule has 0 saturated carbocycles. The molecular weight excluding hydrogens is 504 g/mol. The van der Waals surface area contributed by atoms with E-state index in [9.17, 15) is 24.6 Å². The van der Waals surface area contributed by atoms with E-state index in [0.29, 0.717) is 19.4 Å². The number of hydrogen-bond donors (Lipinski definition) is 3. The molecule has 0 bridgehead atoms. The van der Waals surface area contributed by atoms with Crippen molar-refractivity contribution in [3.63, 3.8) is 0 Å². The maximum Gasteiger partial charge on any atom is 0.329 e. The van der Waals surface area contributed by atoms with E-state index in [0.717, 1.165) is 22.3 Å². The highest BCUT2D eigenvalue weighted by Crippen LogP contribution is 2.24. The number of carbonyl (C=O) groups excluding carboxylic acids is 1. The van der Waals surface area contributed by atoms with Gasteiger partial charge in [0.1, 0.15) is 5.54 Å². The van der Waals surface area contributed by atoms with Gasteiger partial charge in [-0.1, -0.05) is 106 Å². The molecule has 0 fully saturated rings. The summed E-state index contributed by atoms with van der Waals surface area (Å²) in [6.45, 7) is 5.93. The summed E-state index contributed by atoms with van der Waals surface area (Å²) in [5, 5.41) is 23.0. The molecule has 3 aromatic rings. The summed E-state index contributed by atoms with van der Waals surface area (Å²) in [4.78, 5) is 39.8. The van der Waals surface area contributed by atoms with Crippen LogP contribution in [0.15, 0.2) is 84.9 Å². The molecule has 212 valence electrons. The minimum atomic E-state index is -1.54. The molecule has 3 aromatic carbocycles. The lowest BCUT2D eigenvalue weighted by atomic mass is 9.87. The number of aliphatic carboxylic acids is 2. The summed E-state index contributed by atoms with van der Waals surface area (Å²) in [7, 11) is 0. The molecule has 1 unspecified atom stereocenters. The molecule has 40 heavy (non-hydrogen) atoms. The number of carboxylic acids is 2. The Morgan fingerprint density at radius 2 is 1.38 bits per heavy atom. The first-order valence-corrected chi connectivity index (χ1v) is 13.8. The first kappa shape index (κ1) is 30.4. The molecule has 2 atom stereocenters. The molecule has 7 nitrogen and oxygen atoms in total. The van der Waals surface area contributed by atoms with Crippen LogP contribution in [0.4, 0.5) is 4.79 Å². The lowest BCUT2D eigenvalue weighted by Crippen LogP contribution is -2.59. The van der Waals surface area contributed by atoms with Gasteiger partial charge in [-0.25, -0.2) is 9.59 Å². The monoisotopic (exact) mass is 544 g/mol. The lowest BCUT2D eigenvalue weighted by molar-refractivity contribution is -0.145. The smallest absolute Gasteiger partial charge is 0.329 e. The summed E-state index contributed by atoms with van der Waals surface area (Å²) < 4.78 is 0. The summed E-state index contributed by atoms with van der Waals surface area (Å²) in [6.07, 6.45) is 1.21. The average Bonchev–Trinajstić information content (AvgIpc) is 2.95. The number of amides is 2. The molecule has 0 aliphatic rings. The number of urea groups is 1. The van der Waals surface area contributed by atoms with Crippen LogP contribution in [0.3, 0.4) is 0 Å². The van der Waals surface area contributed by atoms with Gasteiger partial charge in [-0.15, -0.1) is 0 Å². The third-order valence-electron chi connectivity index (χ3n) is 7.21. The standard InChI is InChI=1S/C33H40N2O5/c1-4-33(31(38)39,21-26-16-18-28(19-17-26)27-13-9-6-10-14-27)34-32(40)35(22-24(2)3)23-29(30(36)37)20-15-25-11-7-5-8-12-25/h5-14,16-19,24,29H,4,15,20-23H2,1-3H3,(H,34,40)(H,36,37)(H,38,39)/t29?,33-/m0/s1. The summed E-state index contributed by atoms with van der Waals surface area (Å²) in [6, 6.07) is 26.6. The SMILES string of the molecule is CC[C@@](Cc1ccc(-c2ccccc2)cc1)(NC(=O)N(CC(C)C)CC(CCc1ccccc1)C(=O)O)C(=O)O. The van der Waals surface area contributed by atoms with Crippen molar-refractivity contribution in [3.8, 4) is 11.1 Å². The number of nitrogens with one attached hydrogen (secondary N) is 1. The fraction of sp³-hybridized carbons (Fsp3) is 0.364. The van der Waals surface area contributed by atoms with Crippen molar-refractivity contribution in [1.82, 2.24) is 10.2 Å². The van der Waals surface area contributed by atoms with Gasteiger partial charge in [0, 0.05) is 19.5 Å². The van der Waals surface area contributed by atoms with Gasteiger partial charge < -0.3 is 20.4 Å². The van der Waals surface area contributed by atoms with Crippen molar-refractivity contribution in [2.75, 3.05) is 13.1 Å². The van der Waals surface area contributed by atoms with Gasteiger partial charge in [0.25, 0.3) is 0 Å². The molecule has 3 rings (SSSR count). The van der Waals surface area contributed by atoms with Gasteiger partial charge in [-0.2, -0.15) is 0 Å². The number of aryl methyl sites for hydroxylation is 1. The molecule has 0 heterocycles. The van der Waals surface area contributed by atoms with Crippen LogP contribution in [0, 0.1) is 11.8 Å². The second-order valence-corrected chi connectivity index (χ2v) is 10.8. The molecule has 0 aromatic heterocycles. The van der Waals surface area contributed by atoms with Gasteiger partial charge in [0.15, 0.2) is 0 Å². The van der Waals surface area contributed by atoms with Crippen LogP contribution < -0.4 is 5.32 Å². The van der Waals surface area contributed by atoms with E-state index in [-0.39, 0.29) is 25.3 Å². The Labute approximate surface area is 236 Å². The van der Waals surface area contributed by atoms with Gasteiger partial charge in [-0.3, -0.25) is 4.79 Å². The number of hydrogen-bond acceptors (Lipinski definition) is 3. The Bertz CT molecular complexity index is 1240. The van der Waals surface area contributed by atoms with Crippen molar-refractivity contribution in [3.05, 3.63) is 96.1 Å². The van der Waals surface area contributed by atoms with Gasteiger partial charge in [0.2, 0.25) is 0 Å². The Balaban J connectivity index is 1.77. The minimum absolute atomic E-state index is 0.00261. The number of benzene rings is 3. The van der Waals surface area contributed by atoms with Crippen molar-refractivity contribution in [1.29, 1.82) is 0 Å². The summed E-state index contributed by atoms with van der Waals surface area (Å²) in [5.74, 6) is -2.81. The van der Waals surface area contributed by atoms with E-state index < -0.39 is 29.4 Å². The summed E-state index contributed by atoms with van der Waals surface area (Å²) >= 11 is 0. The number of carboxylic acid groups (broad SMARTS) is 2. The van der Waals surface area contributed by atoms with Crippen LogP contribution in [0.2, 0.25) is 0 Å². The molecule has 2 amide bonds. The Morgan fingerprint density at radius 3 is 1.90 bits per heavy atom. The number of nitrogens with zero attached hydrogens (tertiary/aromatic N) is 1. The molecule has 3 N–H and O–H groups in total. The van der Waals surface area contributed by atoms with E-state index in [2.05, 4.69) is 5.32 Å². The third kappa shape index (κ3) is 8.43. The maximum absolute atomic E-state index is 13.6. The predicted octanol–water partition coefficient (Wildman–Crippen LogP) is 6.13. The zero-order valence-electron chi connectivity index (χ0n) is 23.5. The molecule has 0 aliphatic heterocycles. The number of carbonyl (C=O) groups is 3. The quantitative estimate of drug-likeness (QED) is 0.226. The van der Waals surface area contributed by atoms with Crippen LogP contribution in [-0.4, -0.2) is 51.7 Å². The van der Waals surface area contributed by atoms with Crippen molar-refractivity contribution in [2.45, 2.75) is 52.0 Å². The van der Waals surface area contributed by atoms with E-state index >= 15 is 0 Å².